The summed E-state index contributed by atoms with van der Waals surface area (Å²) in [5, 5.41) is 13.4. The predicted molar refractivity (Wildman–Crippen MR) is 155 cm³/mol. The number of ether oxygens (including phenoxy) is 1. The molecule has 39 heavy (non-hydrogen) atoms. The smallest absolute Gasteiger partial charge is 0.412 e. The minimum atomic E-state index is -0.746. The van der Waals surface area contributed by atoms with E-state index in [2.05, 4.69) is 22.5 Å². The maximum Gasteiger partial charge on any atom is 0.412 e. The Kier molecular flexibility index (Phi) is 6.53. The molecule has 0 unspecified atom stereocenters. The molecule has 6 nitrogen and oxygen atoms in total. The number of amides is 1. The van der Waals surface area contributed by atoms with Crippen molar-refractivity contribution in [2.75, 3.05) is 11.9 Å². The number of nitrogens with one attached hydrogen (secondary N) is 1. The zero-order valence-corrected chi connectivity index (χ0v) is 22.4. The van der Waals surface area contributed by atoms with Gasteiger partial charge < -0.3 is 9.84 Å². The zero-order valence-electron chi connectivity index (χ0n) is 21.6. The van der Waals surface area contributed by atoms with Crippen LogP contribution in [0.15, 0.2) is 84.6 Å². The molecule has 2 heterocycles. The standard InChI is InChI=1S/C32H28N2O4S/c1-20-17-26-27(34-31(37)38-19-21-5-3-2-4-6-21)28(39-29(26)33-18-20)24-9-7-22(8-10-24)23-11-13-25(14-12-23)32(15-16-32)30(35)36/h3,5-14,17-18H,2,4,15-16,19H2,1H3,(H,34,37)(H,35,36). The number of carboxylic acids is 1. The number of carboxylic acid groups (broad SMARTS) is 1. The van der Waals surface area contributed by atoms with E-state index in [0.717, 1.165) is 61.3 Å². The Morgan fingerprint density at radius 2 is 1.72 bits per heavy atom. The molecule has 7 heteroatoms. The molecule has 196 valence electrons. The van der Waals surface area contributed by atoms with Crippen molar-refractivity contribution in [3.63, 3.8) is 0 Å². The zero-order chi connectivity index (χ0) is 27.0. The highest BCUT2D eigenvalue weighted by Crippen LogP contribution is 2.48. The first kappa shape index (κ1) is 25.1. The molecule has 0 radical (unpaired) electrons. The number of pyridine rings is 1. The highest BCUT2D eigenvalue weighted by atomic mass is 32.1. The molecular weight excluding hydrogens is 508 g/mol. The van der Waals surface area contributed by atoms with E-state index in [4.69, 9.17) is 4.74 Å². The molecule has 1 amide bonds. The van der Waals surface area contributed by atoms with E-state index in [9.17, 15) is 14.7 Å². The topological polar surface area (TPSA) is 88.5 Å². The van der Waals surface area contributed by atoms with Crippen LogP contribution in [0.4, 0.5) is 10.5 Å². The minimum Gasteiger partial charge on any atom is -0.481 e. The summed E-state index contributed by atoms with van der Waals surface area (Å²) in [5.41, 5.74) is 5.89. The first-order valence-electron chi connectivity index (χ1n) is 13.1. The van der Waals surface area contributed by atoms with Gasteiger partial charge in [-0.3, -0.25) is 10.1 Å². The molecule has 2 aromatic heterocycles. The number of aromatic nitrogens is 1. The molecule has 2 N–H and O–H groups in total. The summed E-state index contributed by atoms with van der Waals surface area (Å²) >= 11 is 1.53. The van der Waals surface area contributed by atoms with Gasteiger partial charge in [-0.1, -0.05) is 66.8 Å². The van der Waals surface area contributed by atoms with Crippen molar-refractivity contribution < 1.29 is 19.4 Å². The summed E-state index contributed by atoms with van der Waals surface area (Å²) in [6, 6.07) is 18.0. The van der Waals surface area contributed by atoms with Gasteiger partial charge >= 0.3 is 12.1 Å². The second-order valence-corrected chi connectivity index (χ2v) is 11.2. The van der Waals surface area contributed by atoms with Crippen molar-refractivity contribution >= 4 is 39.3 Å². The number of allylic oxidation sites excluding steroid dienone is 2. The summed E-state index contributed by atoms with van der Waals surface area (Å²) in [4.78, 5) is 30.8. The van der Waals surface area contributed by atoms with Crippen LogP contribution in [0, 0.1) is 6.92 Å². The number of nitrogens with zero attached hydrogens (tertiary/aromatic N) is 1. The second kappa shape index (κ2) is 10.2. The lowest BCUT2D eigenvalue weighted by atomic mass is 9.93. The largest absolute Gasteiger partial charge is 0.481 e. The molecule has 2 aliphatic rings. The Hall–Kier alpha value is -4.23. The van der Waals surface area contributed by atoms with Gasteiger partial charge in [-0.2, -0.15) is 0 Å². The molecule has 0 aliphatic heterocycles. The van der Waals surface area contributed by atoms with Gasteiger partial charge in [0.1, 0.15) is 11.4 Å². The van der Waals surface area contributed by atoms with E-state index >= 15 is 0 Å². The summed E-state index contributed by atoms with van der Waals surface area (Å²) in [6.45, 7) is 2.22. The number of hydrogen-bond acceptors (Lipinski definition) is 5. The Morgan fingerprint density at radius 1 is 1.03 bits per heavy atom. The lowest BCUT2D eigenvalue weighted by Crippen LogP contribution is -2.19. The van der Waals surface area contributed by atoms with Crippen molar-refractivity contribution in [2.45, 2.75) is 38.0 Å². The van der Waals surface area contributed by atoms with Crippen LogP contribution in [0.1, 0.15) is 36.8 Å². The molecule has 6 rings (SSSR count). The molecule has 2 aliphatic carbocycles. The van der Waals surface area contributed by atoms with Gasteiger partial charge in [-0.15, -0.1) is 11.3 Å². The van der Waals surface area contributed by atoms with Crippen LogP contribution in [0.3, 0.4) is 0 Å². The number of carbonyl (C=O) groups excluding carboxylic acids is 1. The molecule has 0 bridgehead atoms. The number of hydrogen-bond donors (Lipinski definition) is 2. The fourth-order valence-corrected chi connectivity index (χ4v) is 6.11. The summed E-state index contributed by atoms with van der Waals surface area (Å²) in [5.74, 6) is -0.746. The van der Waals surface area contributed by atoms with Crippen molar-refractivity contribution in [1.29, 1.82) is 0 Å². The van der Waals surface area contributed by atoms with E-state index < -0.39 is 17.5 Å². The van der Waals surface area contributed by atoms with E-state index in [0.29, 0.717) is 18.5 Å². The number of anilines is 1. The van der Waals surface area contributed by atoms with Crippen LogP contribution in [0.25, 0.3) is 31.8 Å². The van der Waals surface area contributed by atoms with Gasteiger partial charge in [0.25, 0.3) is 0 Å². The maximum absolute atomic E-state index is 12.8. The highest BCUT2D eigenvalue weighted by Gasteiger charge is 2.51. The Labute approximate surface area is 230 Å². The second-order valence-electron chi connectivity index (χ2n) is 10.2. The van der Waals surface area contributed by atoms with Crippen LogP contribution in [-0.4, -0.2) is 28.8 Å². The summed E-state index contributed by atoms with van der Waals surface area (Å²) in [7, 11) is 0. The highest BCUT2D eigenvalue weighted by molar-refractivity contribution is 7.22. The summed E-state index contributed by atoms with van der Waals surface area (Å²) < 4.78 is 5.53. The third kappa shape index (κ3) is 4.98. The Bertz CT molecular complexity index is 1630. The van der Waals surface area contributed by atoms with Gasteiger partial charge in [0.15, 0.2) is 0 Å². The molecule has 0 saturated heterocycles. The molecule has 0 atom stereocenters. The summed E-state index contributed by atoms with van der Waals surface area (Å²) in [6.07, 6.45) is 10.9. The van der Waals surface area contributed by atoms with Crippen LogP contribution in [0.2, 0.25) is 0 Å². The lowest BCUT2D eigenvalue weighted by Gasteiger charge is -2.12. The number of benzene rings is 2. The number of fused-ring (bicyclic) bond motifs is 1. The lowest BCUT2D eigenvalue weighted by molar-refractivity contribution is -0.140. The molecule has 0 spiro atoms. The minimum absolute atomic E-state index is 0.234. The number of carbonyl (C=O) groups is 2. The normalized spacial score (nSPS) is 15.6. The molecule has 1 saturated carbocycles. The van der Waals surface area contributed by atoms with Gasteiger partial charge in [0.2, 0.25) is 0 Å². The molecule has 1 fully saturated rings. The maximum atomic E-state index is 12.8. The first-order valence-corrected chi connectivity index (χ1v) is 13.9. The van der Waals surface area contributed by atoms with E-state index in [1.54, 1.807) is 0 Å². The van der Waals surface area contributed by atoms with E-state index in [-0.39, 0.29) is 6.61 Å². The number of rotatable bonds is 7. The van der Waals surface area contributed by atoms with Crippen molar-refractivity contribution in [3.05, 3.63) is 95.7 Å². The number of aliphatic carboxylic acids is 1. The SMILES string of the molecule is Cc1cnc2sc(-c3ccc(-c4ccc(C5(C(=O)O)CC5)cc4)cc3)c(NC(=O)OCC3=CCCC=C3)c2c1. The Balaban J connectivity index is 1.26. The first-order chi connectivity index (χ1) is 18.9. The predicted octanol–water partition coefficient (Wildman–Crippen LogP) is 7.88. The van der Waals surface area contributed by atoms with Crippen LogP contribution in [0.5, 0.6) is 0 Å². The van der Waals surface area contributed by atoms with Gasteiger partial charge in [-0.05, 0) is 72.1 Å². The van der Waals surface area contributed by atoms with Gasteiger partial charge in [0.05, 0.1) is 16.0 Å². The Morgan fingerprint density at radius 3 is 2.36 bits per heavy atom. The van der Waals surface area contributed by atoms with Crippen molar-refractivity contribution in [2.24, 2.45) is 0 Å². The van der Waals surface area contributed by atoms with Gasteiger partial charge in [0, 0.05) is 11.6 Å². The molecule has 2 aromatic carbocycles. The third-order valence-electron chi connectivity index (χ3n) is 7.43. The van der Waals surface area contributed by atoms with E-state index in [1.807, 2.05) is 73.8 Å². The quantitative estimate of drug-likeness (QED) is 0.251. The monoisotopic (exact) mass is 536 g/mol. The van der Waals surface area contributed by atoms with Crippen LogP contribution in [-0.2, 0) is 14.9 Å². The van der Waals surface area contributed by atoms with Crippen molar-refractivity contribution in [1.82, 2.24) is 4.98 Å². The third-order valence-corrected chi connectivity index (χ3v) is 8.59. The molecule has 4 aromatic rings. The average molecular weight is 537 g/mol. The van der Waals surface area contributed by atoms with Crippen molar-refractivity contribution in [3.8, 4) is 21.6 Å². The van der Waals surface area contributed by atoms with Gasteiger partial charge in [-0.25, -0.2) is 9.78 Å². The van der Waals surface area contributed by atoms with Crippen LogP contribution < -0.4 is 5.32 Å². The van der Waals surface area contributed by atoms with E-state index in [1.165, 1.54) is 11.3 Å². The molecular formula is C32H28N2O4S. The number of aryl methyl sites for hydroxylation is 1. The fraction of sp³-hybridized carbons (Fsp3) is 0.219. The van der Waals surface area contributed by atoms with Crippen LogP contribution >= 0.6 is 11.3 Å². The fourth-order valence-electron chi connectivity index (χ4n) is 5.02. The average Bonchev–Trinajstić information content (AvgIpc) is 3.71. The number of thiophene rings is 1.